The molecule has 4 nitrogen and oxygen atoms in total. The van der Waals surface area contributed by atoms with Crippen molar-refractivity contribution in [2.24, 2.45) is 0 Å². The van der Waals surface area contributed by atoms with Gasteiger partial charge in [-0.25, -0.2) is 0 Å². The lowest BCUT2D eigenvalue weighted by Crippen LogP contribution is -2.43. The highest BCUT2D eigenvalue weighted by Crippen LogP contribution is 2.53. The van der Waals surface area contributed by atoms with Crippen molar-refractivity contribution >= 4 is 17.6 Å². The van der Waals surface area contributed by atoms with Gasteiger partial charge in [0.1, 0.15) is 0 Å². The van der Waals surface area contributed by atoms with Gasteiger partial charge in [-0.3, -0.25) is 4.79 Å². The molecule has 0 radical (unpaired) electrons. The summed E-state index contributed by atoms with van der Waals surface area (Å²) in [6.45, 7) is 4.20. The number of hydrogen-bond acceptors (Lipinski definition) is 3. The molecule has 0 aromatic heterocycles. The van der Waals surface area contributed by atoms with Gasteiger partial charge in [-0.2, -0.15) is 0 Å². The molecular weight excluding hydrogens is 280 g/mol. The summed E-state index contributed by atoms with van der Waals surface area (Å²) < 4.78 is 11.0. The maximum absolute atomic E-state index is 11.8. The van der Waals surface area contributed by atoms with E-state index in [1.807, 2.05) is 13.8 Å². The van der Waals surface area contributed by atoms with Crippen LogP contribution in [0, 0.1) is 0 Å². The highest BCUT2D eigenvalue weighted by molar-refractivity contribution is 6.32. The number of aliphatic carboxylic acids is 1. The predicted octanol–water partition coefficient (Wildman–Crippen LogP) is 3.70. The van der Waals surface area contributed by atoms with E-state index in [2.05, 4.69) is 0 Å². The third-order valence-electron chi connectivity index (χ3n) is 4.34. The third kappa shape index (κ3) is 1.71. The Labute approximate surface area is 122 Å². The number of rotatable bonds is 3. The number of carboxylic acids is 1. The van der Waals surface area contributed by atoms with Gasteiger partial charge < -0.3 is 14.6 Å². The van der Waals surface area contributed by atoms with Crippen LogP contribution in [0.5, 0.6) is 11.5 Å². The van der Waals surface area contributed by atoms with Crippen molar-refractivity contribution in [2.45, 2.75) is 44.4 Å². The first-order chi connectivity index (χ1) is 9.47. The quantitative estimate of drug-likeness (QED) is 0.924. The Morgan fingerprint density at radius 1 is 1.35 bits per heavy atom. The highest BCUT2D eigenvalue weighted by Gasteiger charge is 2.49. The molecule has 1 aliphatic carbocycles. The zero-order chi connectivity index (χ0) is 14.5. The van der Waals surface area contributed by atoms with Crippen LogP contribution in [0.15, 0.2) is 6.07 Å². The Bertz CT molecular complexity index is 576. The molecule has 1 saturated carbocycles. The molecule has 1 aromatic carbocycles. The first-order valence-corrected chi connectivity index (χ1v) is 7.21. The average molecular weight is 297 g/mol. The van der Waals surface area contributed by atoms with Crippen molar-refractivity contribution in [3.8, 4) is 11.5 Å². The Morgan fingerprint density at radius 2 is 2.00 bits per heavy atom. The monoisotopic (exact) mass is 296 g/mol. The molecule has 0 bridgehead atoms. The molecule has 2 aliphatic rings. The lowest BCUT2D eigenvalue weighted by atomic mass is 9.62. The summed E-state index contributed by atoms with van der Waals surface area (Å²) in [6, 6.07) is 1.76. The molecule has 20 heavy (non-hydrogen) atoms. The molecule has 0 amide bonds. The van der Waals surface area contributed by atoms with Crippen LogP contribution in [-0.4, -0.2) is 17.9 Å². The summed E-state index contributed by atoms with van der Waals surface area (Å²) in [6.07, 6.45) is 2.23. The summed E-state index contributed by atoms with van der Waals surface area (Å²) >= 11 is 6.25. The molecule has 1 fully saturated rings. The van der Waals surface area contributed by atoms with Gasteiger partial charge in [-0.15, -0.1) is 0 Å². The zero-order valence-corrected chi connectivity index (χ0v) is 12.3. The summed E-state index contributed by atoms with van der Waals surface area (Å²) in [5.74, 6) is 0.532. The molecule has 108 valence electrons. The normalized spacial score (nSPS) is 19.0. The lowest BCUT2D eigenvalue weighted by Gasteiger charge is -2.40. The maximum atomic E-state index is 11.8. The minimum atomic E-state index is -0.815. The minimum absolute atomic E-state index is 0.137. The second-order valence-electron chi connectivity index (χ2n) is 5.78. The van der Waals surface area contributed by atoms with Gasteiger partial charge in [-0.1, -0.05) is 31.9 Å². The van der Waals surface area contributed by atoms with E-state index in [9.17, 15) is 9.90 Å². The van der Waals surface area contributed by atoms with Crippen molar-refractivity contribution in [1.82, 2.24) is 0 Å². The van der Waals surface area contributed by atoms with Crippen molar-refractivity contribution in [1.29, 1.82) is 0 Å². The Balaban J connectivity index is 2.25. The van der Waals surface area contributed by atoms with Gasteiger partial charge in [0.05, 0.1) is 10.4 Å². The van der Waals surface area contributed by atoms with Crippen LogP contribution in [0.25, 0.3) is 0 Å². The van der Waals surface area contributed by atoms with Crippen molar-refractivity contribution < 1.29 is 19.4 Å². The summed E-state index contributed by atoms with van der Waals surface area (Å²) in [5.41, 5.74) is 0.897. The van der Waals surface area contributed by atoms with Crippen molar-refractivity contribution in [3.63, 3.8) is 0 Å². The first kappa shape index (κ1) is 13.6. The van der Waals surface area contributed by atoms with E-state index in [4.69, 9.17) is 21.1 Å². The van der Waals surface area contributed by atoms with Crippen molar-refractivity contribution in [2.75, 3.05) is 6.79 Å². The summed E-state index contributed by atoms with van der Waals surface area (Å²) in [4.78, 5) is 11.8. The fraction of sp³-hybridized carbons (Fsp3) is 0.533. The molecule has 3 rings (SSSR count). The number of ether oxygens (including phenoxy) is 2. The summed E-state index contributed by atoms with van der Waals surface area (Å²) in [5, 5.41) is 10.1. The van der Waals surface area contributed by atoms with Gasteiger partial charge in [-0.05, 0) is 30.4 Å². The van der Waals surface area contributed by atoms with Gasteiger partial charge in [0.15, 0.2) is 11.5 Å². The molecule has 0 saturated heterocycles. The standard InChI is InChI=1S/C15H17ClO4/c1-8(2)11-9(15(14(17)18)4-3-5-15)6-10(16)12-13(11)20-7-19-12/h6,8H,3-5,7H2,1-2H3,(H,17,18). The molecule has 1 aromatic rings. The second-order valence-corrected chi connectivity index (χ2v) is 6.19. The van der Waals surface area contributed by atoms with E-state index in [-0.39, 0.29) is 12.7 Å². The highest BCUT2D eigenvalue weighted by atomic mass is 35.5. The Kier molecular flexibility index (Phi) is 3.09. The van der Waals surface area contributed by atoms with Crippen molar-refractivity contribution in [3.05, 3.63) is 22.2 Å². The molecule has 1 heterocycles. The maximum Gasteiger partial charge on any atom is 0.314 e. The molecule has 5 heteroatoms. The number of carboxylic acid groups (broad SMARTS) is 1. The number of fused-ring (bicyclic) bond motifs is 1. The second kappa shape index (κ2) is 4.55. The lowest BCUT2D eigenvalue weighted by molar-refractivity contribution is -0.147. The van der Waals surface area contributed by atoms with Crippen LogP contribution < -0.4 is 9.47 Å². The van der Waals surface area contributed by atoms with Crippen LogP contribution in [0.1, 0.15) is 50.2 Å². The molecular formula is C15H17ClO4. The fourth-order valence-electron chi connectivity index (χ4n) is 3.15. The molecule has 1 aliphatic heterocycles. The average Bonchev–Trinajstić information content (AvgIpc) is 2.75. The smallest absolute Gasteiger partial charge is 0.314 e. The number of hydrogen-bond donors (Lipinski definition) is 1. The SMILES string of the molecule is CC(C)c1c(C2(C(=O)O)CCC2)cc(Cl)c2c1OCO2. The Hall–Kier alpha value is -1.42. The van der Waals surface area contributed by atoms with Gasteiger partial charge >= 0.3 is 5.97 Å². The van der Waals surface area contributed by atoms with E-state index in [0.29, 0.717) is 29.4 Å². The van der Waals surface area contributed by atoms with E-state index in [0.717, 1.165) is 17.5 Å². The third-order valence-corrected chi connectivity index (χ3v) is 4.63. The molecule has 0 atom stereocenters. The number of carbonyl (C=O) groups is 1. The van der Waals surface area contributed by atoms with Crippen LogP contribution in [-0.2, 0) is 10.2 Å². The van der Waals surface area contributed by atoms with Crippen LogP contribution in [0.2, 0.25) is 5.02 Å². The minimum Gasteiger partial charge on any atom is -0.481 e. The van der Waals surface area contributed by atoms with E-state index >= 15 is 0 Å². The van der Waals surface area contributed by atoms with Crippen LogP contribution in [0.4, 0.5) is 0 Å². The topological polar surface area (TPSA) is 55.8 Å². The molecule has 0 unspecified atom stereocenters. The van der Waals surface area contributed by atoms with Gasteiger partial charge in [0.2, 0.25) is 6.79 Å². The van der Waals surface area contributed by atoms with E-state index < -0.39 is 11.4 Å². The van der Waals surface area contributed by atoms with Crippen LogP contribution in [0.3, 0.4) is 0 Å². The van der Waals surface area contributed by atoms with Crippen LogP contribution >= 0.6 is 11.6 Å². The van der Waals surface area contributed by atoms with Gasteiger partial charge in [0.25, 0.3) is 0 Å². The predicted molar refractivity (Wildman–Crippen MR) is 74.8 cm³/mol. The largest absolute Gasteiger partial charge is 0.481 e. The summed E-state index contributed by atoms with van der Waals surface area (Å²) in [7, 11) is 0. The Morgan fingerprint density at radius 3 is 2.50 bits per heavy atom. The number of benzene rings is 1. The first-order valence-electron chi connectivity index (χ1n) is 6.83. The zero-order valence-electron chi connectivity index (χ0n) is 11.5. The molecule has 1 N–H and O–H groups in total. The fourth-order valence-corrected chi connectivity index (χ4v) is 3.40. The van der Waals surface area contributed by atoms with E-state index in [1.165, 1.54) is 0 Å². The van der Waals surface area contributed by atoms with E-state index in [1.54, 1.807) is 6.07 Å². The van der Waals surface area contributed by atoms with Gasteiger partial charge in [0, 0.05) is 5.56 Å². The molecule has 0 spiro atoms. The number of halogens is 1.